The Balaban J connectivity index is 1.60. The molecule has 2 aliphatic rings. The number of rotatable bonds is 2. The second-order valence-electron chi connectivity index (χ2n) is 5.94. The number of hydrogen-bond acceptors (Lipinski definition) is 4. The van der Waals surface area contributed by atoms with Gasteiger partial charge in [-0.25, -0.2) is 9.97 Å². The molecule has 0 amide bonds. The third kappa shape index (κ3) is 2.24. The summed E-state index contributed by atoms with van der Waals surface area (Å²) in [5, 5.41) is 3.62. The lowest BCUT2D eigenvalue weighted by molar-refractivity contribution is 0.103. The summed E-state index contributed by atoms with van der Waals surface area (Å²) in [5.41, 5.74) is 0. The Bertz CT molecular complexity index is 627. The van der Waals surface area contributed by atoms with Gasteiger partial charge in [0, 0.05) is 11.4 Å². The van der Waals surface area contributed by atoms with Crippen molar-refractivity contribution in [2.45, 2.75) is 44.7 Å². The molecule has 2 atom stereocenters. The highest BCUT2D eigenvalue weighted by molar-refractivity contribution is 7.16. The molecule has 4 rings (SSSR count). The molecule has 1 aliphatic heterocycles. The van der Waals surface area contributed by atoms with E-state index in [4.69, 9.17) is 11.6 Å². The van der Waals surface area contributed by atoms with Gasteiger partial charge in [-0.15, -0.1) is 11.3 Å². The predicted octanol–water partition coefficient (Wildman–Crippen LogP) is 4.11. The summed E-state index contributed by atoms with van der Waals surface area (Å²) in [4.78, 5) is 12.8. The monoisotopic (exact) mass is 307 g/mol. The molecule has 1 saturated heterocycles. The summed E-state index contributed by atoms with van der Waals surface area (Å²) in [7, 11) is 0. The lowest BCUT2D eigenvalue weighted by Crippen LogP contribution is -2.42. The predicted molar refractivity (Wildman–Crippen MR) is 83.2 cm³/mol. The van der Waals surface area contributed by atoms with Gasteiger partial charge in [0.05, 0.1) is 6.54 Å². The number of thiophene rings is 1. The Morgan fingerprint density at radius 3 is 3.10 bits per heavy atom. The third-order valence-corrected chi connectivity index (χ3v) is 5.87. The Kier molecular flexibility index (Phi) is 3.41. The van der Waals surface area contributed by atoms with E-state index in [1.165, 1.54) is 38.6 Å². The average molecular weight is 308 g/mol. The molecule has 0 N–H and O–H groups in total. The van der Waals surface area contributed by atoms with Gasteiger partial charge in [-0.1, -0.05) is 18.0 Å². The van der Waals surface area contributed by atoms with Crippen LogP contribution in [0, 0.1) is 5.92 Å². The van der Waals surface area contributed by atoms with Gasteiger partial charge in [-0.05, 0) is 49.6 Å². The zero-order chi connectivity index (χ0) is 13.5. The van der Waals surface area contributed by atoms with Gasteiger partial charge < -0.3 is 0 Å². The van der Waals surface area contributed by atoms with E-state index in [1.807, 2.05) is 11.4 Å². The van der Waals surface area contributed by atoms with Crippen LogP contribution in [-0.2, 0) is 6.54 Å². The molecule has 2 fully saturated rings. The molecule has 1 saturated carbocycles. The first kappa shape index (κ1) is 13.0. The molecule has 0 radical (unpaired) electrons. The zero-order valence-electron chi connectivity index (χ0n) is 11.4. The zero-order valence-corrected chi connectivity index (χ0v) is 13.0. The van der Waals surface area contributed by atoms with Gasteiger partial charge >= 0.3 is 0 Å². The van der Waals surface area contributed by atoms with Crippen LogP contribution in [0.5, 0.6) is 0 Å². The number of fused-ring (bicyclic) bond motifs is 2. The molecule has 2 aromatic rings. The number of piperidine rings is 1. The fourth-order valence-electron chi connectivity index (χ4n) is 3.87. The number of nitrogens with zero attached hydrogens (tertiary/aromatic N) is 3. The summed E-state index contributed by atoms with van der Waals surface area (Å²) in [5.74, 6) is 1.79. The molecule has 2 unspecified atom stereocenters. The van der Waals surface area contributed by atoms with Gasteiger partial charge in [-0.2, -0.15) is 0 Å². The Morgan fingerprint density at radius 1 is 1.25 bits per heavy atom. The topological polar surface area (TPSA) is 29.0 Å². The van der Waals surface area contributed by atoms with Crippen molar-refractivity contribution in [1.29, 1.82) is 0 Å². The van der Waals surface area contributed by atoms with Crippen molar-refractivity contribution in [3.8, 4) is 0 Å². The van der Waals surface area contributed by atoms with Crippen LogP contribution < -0.4 is 0 Å². The molecule has 3 nitrogen and oxygen atoms in total. The molecule has 2 aromatic heterocycles. The van der Waals surface area contributed by atoms with E-state index in [0.717, 1.165) is 34.5 Å². The van der Waals surface area contributed by atoms with Crippen LogP contribution in [0.15, 0.2) is 11.4 Å². The summed E-state index contributed by atoms with van der Waals surface area (Å²) in [6.45, 7) is 2.04. The Hall–Kier alpha value is -0.710. The maximum atomic E-state index is 6.27. The molecule has 1 aliphatic carbocycles. The number of likely N-dealkylation sites (tertiary alicyclic amines) is 1. The normalized spacial score (nSPS) is 27.1. The molecular formula is C15H18ClN3S. The van der Waals surface area contributed by atoms with E-state index in [-0.39, 0.29) is 0 Å². The first-order valence-electron chi connectivity index (χ1n) is 7.45. The van der Waals surface area contributed by atoms with E-state index in [0.29, 0.717) is 5.15 Å². The Morgan fingerprint density at radius 2 is 2.15 bits per heavy atom. The lowest BCUT2D eigenvalue weighted by Gasteiger charge is -2.37. The maximum absolute atomic E-state index is 6.27. The van der Waals surface area contributed by atoms with Crippen LogP contribution in [0.25, 0.3) is 10.2 Å². The highest BCUT2D eigenvalue weighted by Gasteiger charge is 2.35. The minimum Gasteiger partial charge on any atom is -0.293 e. The fourth-order valence-corrected chi connectivity index (χ4v) is 4.96. The summed E-state index contributed by atoms with van der Waals surface area (Å²) >= 11 is 7.91. The number of aromatic nitrogens is 2. The molecule has 5 heteroatoms. The van der Waals surface area contributed by atoms with Gasteiger partial charge in [0.2, 0.25) is 0 Å². The van der Waals surface area contributed by atoms with Crippen LogP contribution in [-0.4, -0.2) is 27.5 Å². The SMILES string of the molecule is Clc1nc(CN2CCCC3CCCC32)nc2sccc12. The molecule has 106 valence electrons. The molecule has 0 spiro atoms. The summed E-state index contributed by atoms with van der Waals surface area (Å²) < 4.78 is 0. The van der Waals surface area contributed by atoms with Crippen LogP contribution in [0.3, 0.4) is 0 Å². The smallest absolute Gasteiger partial charge is 0.145 e. The van der Waals surface area contributed by atoms with Gasteiger partial charge in [0.25, 0.3) is 0 Å². The van der Waals surface area contributed by atoms with Crippen molar-refractivity contribution >= 4 is 33.2 Å². The second kappa shape index (κ2) is 5.24. The molecular weight excluding hydrogens is 290 g/mol. The first-order valence-corrected chi connectivity index (χ1v) is 8.71. The van der Waals surface area contributed by atoms with E-state index in [2.05, 4.69) is 14.9 Å². The van der Waals surface area contributed by atoms with Crippen LogP contribution in [0.4, 0.5) is 0 Å². The lowest BCUT2D eigenvalue weighted by atomic mass is 9.92. The van der Waals surface area contributed by atoms with Crippen molar-refractivity contribution in [3.05, 3.63) is 22.4 Å². The third-order valence-electron chi connectivity index (χ3n) is 4.78. The van der Waals surface area contributed by atoms with E-state index < -0.39 is 0 Å². The van der Waals surface area contributed by atoms with E-state index >= 15 is 0 Å². The second-order valence-corrected chi connectivity index (χ2v) is 7.19. The minimum absolute atomic E-state index is 0.603. The number of halogens is 1. The van der Waals surface area contributed by atoms with Crippen molar-refractivity contribution in [2.24, 2.45) is 5.92 Å². The summed E-state index contributed by atoms with van der Waals surface area (Å²) in [6, 6.07) is 2.75. The quantitative estimate of drug-likeness (QED) is 0.782. The largest absolute Gasteiger partial charge is 0.293 e. The molecule has 0 aromatic carbocycles. The maximum Gasteiger partial charge on any atom is 0.145 e. The van der Waals surface area contributed by atoms with Crippen molar-refractivity contribution in [1.82, 2.24) is 14.9 Å². The average Bonchev–Trinajstić information content (AvgIpc) is 3.06. The first-order chi connectivity index (χ1) is 9.81. The highest BCUT2D eigenvalue weighted by atomic mass is 35.5. The van der Waals surface area contributed by atoms with Crippen molar-refractivity contribution in [2.75, 3.05) is 6.54 Å². The van der Waals surface area contributed by atoms with Crippen LogP contribution >= 0.6 is 22.9 Å². The Labute approximate surface area is 128 Å². The standard InChI is InChI=1S/C15H18ClN3S/c16-14-11-6-8-20-15(11)18-13(17-14)9-19-7-2-4-10-3-1-5-12(10)19/h6,8,10,12H,1-5,7,9H2. The van der Waals surface area contributed by atoms with Gasteiger partial charge in [-0.3, -0.25) is 4.90 Å². The molecule has 0 bridgehead atoms. The molecule has 20 heavy (non-hydrogen) atoms. The van der Waals surface area contributed by atoms with E-state index in [9.17, 15) is 0 Å². The van der Waals surface area contributed by atoms with Crippen molar-refractivity contribution in [3.63, 3.8) is 0 Å². The molecule has 3 heterocycles. The van der Waals surface area contributed by atoms with Crippen LogP contribution in [0.2, 0.25) is 5.15 Å². The van der Waals surface area contributed by atoms with Crippen LogP contribution in [0.1, 0.15) is 37.9 Å². The fraction of sp³-hybridized carbons (Fsp3) is 0.600. The minimum atomic E-state index is 0.603. The van der Waals surface area contributed by atoms with Crippen molar-refractivity contribution < 1.29 is 0 Å². The number of hydrogen-bond donors (Lipinski definition) is 0. The summed E-state index contributed by atoms with van der Waals surface area (Å²) in [6.07, 6.45) is 6.87. The highest BCUT2D eigenvalue weighted by Crippen LogP contribution is 2.37. The van der Waals surface area contributed by atoms with Gasteiger partial charge in [0.1, 0.15) is 15.8 Å². The van der Waals surface area contributed by atoms with Gasteiger partial charge in [0.15, 0.2) is 0 Å². The van der Waals surface area contributed by atoms with E-state index in [1.54, 1.807) is 11.3 Å².